The lowest BCUT2D eigenvalue weighted by Gasteiger charge is -2.41. The number of anilines is 1. The first-order valence-electron chi connectivity index (χ1n) is 9.01. The number of hydrogen-bond donors (Lipinski definition) is 0. The van der Waals surface area contributed by atoms with Crippen molar-refractivity contribution in [1.29, 1.82) is 0 Å². The Kier molecular flexibility index (Phi) is 4.40. The molecule has 0 amide bonds. The average molecular weight is 337 g/mol. The third-order valence-corrected chi connectivity index (χ3v) is 5.57. The molecule has 0 atom stereocenters. The van der Waals surface area contributed by atoms with Crippen LogP contribution in [0.15, 0.2) is 48.5 Å². The highest BCUT2D eigenvalue weighted by Crippen LogP contribution is 2.27. The van der Waals surface area contributed by atoms with Gasteiger partial charge in [0.2, 0.25) is 0 Å². The molecule has 130 valence electrons. The van der Waals surface area contributed by atoms with Gasteiger partial charge in [0, 0.05) is 50.0 Å². The molecular formula is C20H23N3O2. The molecule has 0 radical (unpaired) electrons. The predicted octanol–water partition coefficient (Wildman–Crippen LogP) is 3.62. The summed E-state index contributed by atoms with van der Waals surface area (Å²) in [6.45, 7) is 4.25. The summed E-state index contributed by atoms with van der Waals surface area (Å²) < 4.78 is 0. The number of hydrogen-bond acceptors (Lipinski definition) is 4. The van der Waals surface area contributed by atoms with Gasteiger partial charge in [-0.3, -0.25) is 15.0 Å². The van der Waals surface area contributed by atoms with Crippen LogP contribution in [0.3, 0.4) is 0 Å². The van der Waals surface area contributed by atoms with Gasteiger partial charge in [-0.25, -0.2) is 0 Å². The summed E-state index contributed by atoms with van der Waals surface area (Å²) in [5.74, 6) is 0. The molecule has 0 bridgehead atoms. The van der Waals surface area contributed by atoms with Crippen LogP contribution in [-0.4, -0.2) is 35.5 Å². The molecule has 0 saturated carbocycles. The molecule has 4 rings (SSSR count). The first-order valence-corrected chi connectivity index (χ1v) is 9.01. The molecule has 1 saturated heterocycles. The number of benzene rings is 2. The Labute approximate surface area is 148 Å². The van der Waals surface area contributed by atoms with Crippen LogP contribution in [0.1, 0.15) is 24.0 Å². The Bertz CT molecular complexity index is 752. The molecule has 5 nitrogen and oxygen atoms in total. The lowest BCUT2D eigenvalue weighted by Crippen LogP contribution is -2.46. The highest BCUT2D eigenvalue weighted by atomic mass is 16.6. The lowest BCUT2D eigenvalue weighted by molar-refractivity contribution is -0.384. The van der Waals surface area contributed by atoms with Gasteiger partial charge < -0.3 is 4.90 Å². The molecule has 2 aliphatic heterocycles. The Morgan fingerprint density at radius 2 is 1.60 bits per heavy atom. The van der Waals surface area contributed by atoms with Crippen molar-refractivity contribution < 1.29 is 4.92 Å². The Morgan fingerprint density at radius 1 is 0.920 bits per heavy atom. The number of rotatable bonds is 3. The van der Waals surface area contributed by atoms with Gasteiger partial charge >= 0.3 is 0 Å². The maximum Gasteiger partial charge on any atom is 0.269 e. The number of piperidine rings is 1. The van der Waals surface area contributed by atoms with Crippen molar-refractivity contribution >= 4 is 11.4 Å². The maximum absolute atomic E-state index is 10.8. The monoisotopic (exact) mass is 337 g/mol. The topological polar surface area (TPSA) is 49.6 Å². The Balaban J connectivity index is 1.36. The van der Waals surface area contributed by atoms with E-state index in [1.807, 2.05) is 12.1 Å². The highest BCUT2D eigenvalue weighted by Gasteiger charge is 2.27. The molecule has 2 aromatic carbocycles. The summed E-state index contributed by atoms with van der Waals surface area (Å²) in [5.41, 5.74) is 4.23. The summed E-state index contributed by atoms with van der Waals surface area (Å²) in [6.07, 6.45) is 3.46. The summed E-state index contributed by atoms with van der Waals surface area (Å²) in [7, 11) is 0. The third-order valence-electron chi connectivity index (χ3n) is 5.57. The minimum Gasteiger partial charge on any atom is -0.371 e. The zero-order valence-electron chi connectivity index (χ0n) is 14.3. The zero-order valence-corrected chi connectivity index (χ0v) is 14.3. The molecule has 2 aromatic rings. The smallest absolute Gasteiger partial charge is 0.269 e. The van der Waals surface area contributed by atoms with Gasteiger partial charge in [-0.05, 0) is 42.5 Å². The van der Waals surface area contributed by atoms with E-state index in [0.717, 1.165) is 51.1 Å². The molecule has 0 spiro atoms. The van der Waals surface area contributed by atoms with Gasteiger partial charge in [0.15, 0.2) is 0 Å². The molecular weight excluding hydrogens is 314 g/mol. The first-order chi connectivity index (χ1) is 12.2. The first kappa shape index (κ1) is 16.1. The second kappa shape index (κ2) is 6.84. The Hall–Kier alpha value is -2.40. The van der Waals surface area contributed by atoms with E-state index in [2.05, 4.69) is 34.1 Å². The summed E-state index contributed by atoms with van der Waals surface area (Å²) in [6, 6.07) is 16.4. The van der Waals surface area contributed by atoms with Gasteiger partial charge in [-0.15, -0.1) is 0 Å². The van der Waals surface area contributed by atoms with Crippen molar-refractivity contribution in [2.75, 3.05) is 24.5 Å². The third kappa shape index (κ3) is 3.37. The van der Waals surface area contributed by atoms with E-state index in [1.54, 1.807) is 12.1 Å². The summed E-state index contributed by atoms with van der Waals surface area (Å²) in [4.78, 5) is 15.4. The van der Waals surface area contributed by atoms with E-state index in [1.165, 1.54) is 11.1 Å². The second-order valence-electron chi connectivity index (χ2n) is 6.98. The van der Waals surface area contributed by atoms with Gasteiger partial charge in [0.05, 0.1) is 4.92 Å². The molecule has 5 heteroatoms. The lowest BCUT2D eigenvalue weighted by atomic mass is 9.95. The van der Waals surface area contributed by atoms with E-state index < -0.39 is 0 Å². The van der Waals surface area contributed by atoms with Crippen LogP contribution in [0.2, 0.25) is 0 Å². The average Bonchev–Trinajstić information content (AvgIpc) is 2.68. The fourth-order valence-corrected chi connectivity index (χ4v) is 4.10. The van der Waals surface area contributed by atoms with E-state index >= 15 is 0 Å². The van der Waals surface area contributed by atoms with Crippen LogP contribution in [0.5, 0.6) is 0 Å². The fourth-order valence-electron chi connectivity index (χ4n) is 4.10. The zero-order chi connectivity index (χ0) is 17.2. The number of non-ortho nitro benzene ring substituents is 1. The largest absolute Gasteiger partial charge is 0.371 e. The van der Waals surface area contributed by atoms with Crippen molar-refractivity contribution in [1.82, 2.24) is 4.90 Å². The van der Waals surface area contributed by atoms with Crippen molar-refractivity contribution in [3.63, 3.8) is 0 Å². The van der Waals surface area contributed by atoms with Gasteiger partial charge in [0.1, 0.15) is 0 Å². The van der Waals surface area contributed by atoms with Crippen LogP contribution in [0.25, 0.3) is 0 Å². The van der Waals surface area contributed by atoms with Crippen LogP contribution in [-0.2, 0) is 13.0 Å². The highest BCUT2D eigenvalue weighted by molar-refractivity contribution is 5.51. The molecule has 25 heavy (non-hydrogen) atoms. The van der Waals surface area contributed by atoms with E-state index in [0.29, 0.717) is 6.04 Å². The standard InChI is InChI=1S/C20H23N3O2/c24-23(25)20-7-5-18(6-8-20)21-13-10-19(11-14-21)22-12-9-16-3-1-2-4-17(16)15-22/h1-8,19H,9-15H2. The van der Waals surface area contributed by atoms with Gasteiger partial charge in [-0.2, -0.15) is 0 Å². The number of fused-ring (bicyclic) bond motifs is 1. The molecule has 0 aliphatic carbocycles. The molecule has 0 unspecified atom stereocenters. The second-order valence-corrected chi connectivity index (χ2v) is 6.98. The van der Waals surface area contributed by atoms with Crippen molar-refractivity contribution in [2.45, 2.75) is 31.8 Å². The van der Waals surface area contributed by atoms with Crippen LogP contribution >= 0.6 is 0 Å². The van der Waals surface area contributed by atoms with Gasteiger partial charge in [0.25, 0.3) is 5.69 Å². The van der Waals surface area contributed by atoms with Crippen LogP contribution < -0.4 is 4.90 Å². The molecule has 1 fully saturated rings. The normalized spacial score (nSPS) is 18.8. The summed E-state index contributed by atoms with van der Waals surface area (Å²) >= 11 is 0. The van der Waals surface area contributed by atoms with E-state index in [4.69, 9.17) is 0 Å². The number of nitrogens with zero attached hydrogens (tertiary/aromatic N) is 3. The van der Waals surface area contributed by atoms with Crippen LogP contribution in [0.4, 0.5) is 11.4 Å². The minimum absolute atomic E-state index is 0.158. The molecule has 2 aliphatic rings. The van der Waals surface area contributed by atoms with Crippen molar-refractivity contribution in [2.24, 2.45) is 0 Å². The van der Waals surface area contributed by atoms with Crippen LogP contribution in [0, 0.1) is 10.1 Å². The van der Waals surface area contributed by atoms with Gasteiger partial charge in [-0.1, -0.05) is 24.3 Å². The Morgan fingerprint density at radius 3 is 2.28 bits per heavy atom. The van der Waals surface area contributed by atoms with E-state index in [9.17, 15) is 10.1 Å². The quantitative estimate of drug-likeness (QED) is 0.634. The predicted molar refractivity (Wildman–Crippen MR) is 98.9 cm³/mol. The minimum atomic E-state index is -0.343. The van der Waals surface area contributed by atoms with Crippen molar-refractivity contribution in [3.8, 4) is 0 Å². The van der Waals surface area contributed by atoms with E-state index in [-0.39, 0.29) is 10.6 Å². The molecule has 0 aromatic heterocycles. The molecule has 0 N–H and O–H groups in total. The van der Waals surface area contributed by atoms with Crippen molar-refractivity contribution in [3.05, 3.63) is 69.8 Å². The number of nitro groups is 1. The fraction of sp³-hybridized carbons (Fsp3) is 0.400. The maximum atomic E-state index is 10.8. The SMILES string of the molecule is O=[N+]([O-])c1ccc(N2CCC(N3CCc4ccccc4C3)CC2)cc1. The molecule has 2 heterocycles. The number of nitro benzene ring substituents is 1. The summed E-state index contributed by atoms with van der Waals surface area (Å²) in [5, 5.41) is 10.8.